The molecule has 0 aliphatic heterocycles. The van der Waals surface area contributed by atoms with E-state index < -0.39 is 5.60 Å². The maximum atomic E-state index is 12.1. The minimum absolute atomic E-state index is 0.108. The summed E-state index contributed by atoms with van der Waals surface area (Å²) in [5.41, 5.74) is -0.182. The highest BCUT2D eigenvalue weighted by atomic mass is 16.5. The van der Waals surface area contributed by atoms with Gasteiger partial charge in [0.1, 0.15) is 17.1 Å². The van der Waals surface area contributed by atoms with Crippen molar-refractivity contribution in [3.8, 4) is 11.5 Å². The fourth-order valence-electron chi connectivity index (χ4n) is 2.89. The van der Waals surface area contributed by atoms with E-state index in [1.165, 1.54) is 0 Å². The summed E-state index contributed by atoms with van der Waals surface area (Å²) in [5.74, 6) is 1.16. The minimum atomic E-state index is -1.02. The molecule has 0 saturated heterocycles. The summed E-state index contributed by atoms with van der Waals surface area (Å²) < 4.78 is 10.6. The van der Waals surface area contributed by atoms with E-state index in [1.54, 1.807) is 25.3 Å². The van der Waals surface area contributed by atoms with Crippen molar-refractivity contribution >= 4 is 5.91 Å². The zero-order valence-electron chi connectivity index (χ0n) is 14.3. The Labute approximate surface area is 147 Å². The van der Waals surface area contributed by atoms with Gasteiger partial charge in [0.2, 0.25) is 0 Å². The number of rotatable bonds is 8. The number of aliphatic hydroxyl groups is 1. The third-order valence-corrected chi connectivity index (χ3v) is 4.49. The average Bonchev–Trinajstić information content (AvgIpc) is 3.51. The molecule has 1 unspecified atom stereocenters. The molecule has 0 heterocycles. The molecule has 1 fully saturated rings. The number of carbonyl (C=O) groups excluding carboxylic acids is 1. The van der Waals surface area contributed by atoms with Crippen LogP contribution in [0.5, 0.6) is 11.5 Å². The average molecular weight is 341 g/mol. The maximum absolute atomic E-state index is 12.1. The smallest absolute Gasteiger partial charge is 0.258 e. The van der Waals surface area contributed by atoms with Gasteiger partial charge in [-0.05, 0) is 36.5 Å². The predicted molar refractivity (Wildman–Crippen MR) is 94.6 cm³/mol. The number of amides is 1. The van der Waals surface area contributed by atoms with Crippen LogP contribution in [0.3, 0.4) is 0 Å². The zero-order valence-corrected chi connectivity index (χ0v) is 14.3. The predicted octanol–water partition coefficient (Wildman–Crippen LogP) is 2.49. The summed E-state index contributed by atoms with van der Waals surface area (Å²) in [4.78, 5) is 12.1. The van der Waals surface area contributed by atoms with Gasteiger partial charge in [0.05, 0.1) is 13.7 Å². The molecular weight excluding hydrogens is 318 g/mol. The molecule has 2 N–H and O–H groups in total. The van der Waals surface area contributed by atoms with E-state index in [1.807, 2.05) is 36.4 Å². The van der Waals surface area contributed by atoms with E-state index in [9.17, 15) is 9.90 Å². The number of hydrogen-bond donors (Lipinski definition) is 2. The summed E-state index contributed by atoms with van der Waals surface area (Å²) in [5, 5.41) is 13.8. The lowest BCUT2D eigenvalue weighted by atomic mass is 9.88. The molecule has 5 heteroatoms. The SMILES string of the molecule is COc1cccc(OCC(=O)NCC(O)(c2ccccc2)C2CC2)c1. The van der Waals surface area contributed by atoms with Crippen molar-refractivity contribution in [2.75, 3.05) is 20.3 Å². The van der Waals surface area contributed by atoms with E-state index in [-0.39, 0.29) is 25.0 Å². The van der Waals surface area contributed by atoms with E-state index in [4.69, 9.17) is 9.47 Å². The van der Waals surface area contributed by atoms with E-state index in [2.05, 4.69) is 5.32 Å². The second-order valence-corrected chi connectivity index (χ2v) is 6.31. The van der Waals surface area contributed by atoms with Crippen molar-refractivity contribution in [3.63, 3.8) is 0 Å². The highest BCUT2D eigenvalue weighted by molar-refractivity contribution is 5.77. The Morgan fingerprint density at radius 1 is 1.16 bits per heavy atom. The molecule has 1 saturated carbocycles. The van der Waals surface area contributed by atoms with Gasteiger partial charge in [0, 0.05) is 6.07 Å². The summed E-state index contributed by atoms with van der Waals surface area (Å²) in [6, 6.07) is 16.6. The van der Waals surface area contributed by atoms with Crippen LogP contribution in [0, 0.1) is 5.92 Å². The van der Waals surface area contributed by atoms with Crippen LogP contribution in [0.2, 0.25) is 0 Å². The quantitative estimate of drug-likeness (QED) is 0.774. The number of ether oxygens (including phenoxy) is 2. The van der Waals surface area contributed by atoms with Crippen LogP contribution in [0.25, 0.3) is 0 Å². The molecule has 3 rings (SSSR count). The number of benzene rings is 2. The van der Waals surface area contributed by atoms with Gasteiger partial charge in [-0.15, -0.1) is 0 Å². The lowest BCUT2D eigenvalue weighted by Gasteiger charge is -2.29. The molecule has 0 aromatic heterocycles. The number of methoxy groups -OCH3 is 1. The molecule has 132 valence electrons. The van der Waals surface area contributed by atoms with Gasteiger partial charge in [-0.1, -0.05) is 36.4 Å². The van der Waals surface area contributed by atoms with Crippen LogP contribution in [0.4, 0.5) is 0 Å². The van der Waals surface area contributed by atoms with Crippen LogP contribution in [-0.4, -0.2) is 31.3 Å². The van der Waals surface area contributed by atoms with Crippen molar-refractivity contribution in [2.45, 2.75) is 18.4 Å². The summed E-state index contributed by atoms with van der Waals surface area (Å²) in [7, 11) is 1.58. The molecule has 1 amide bonds. The fourth-order valence-corrected chi connectivity index (χ4v) is 2.89. The van der Waals surface area contributed by atoms with Crippen molar-refractivity contribution < 1.29 is 19.4 Å². The zero-order chi connectivity index (χ0) is 17.7. The first-order valence-electron chi connectivity index (χ1n) is 8.43. The van der Waals surface area contributed by atoms with Crippen molar-refractivity contribution in [1.82, 2.24) is 5.32 Å². The van der Waals surface area contributed by atoms with E-state index in [0.29, 0.717) is 11.5 Å². The van der Waals surface area contributed by atoms with Gasteiger partial charge in [-0.3, -0.25) is 4.79 Å². The van der Waals surface area contributed by atoms with Crippen LogP contribution in [-0.2, 0) is 10.4 Å². The fraction of sp³-hybridized carbons (Fsp3) is 0.350. The van der Waals surface area contributed by atoms with Crippen LogP contribution < -0.4 is 14.8 Å². The Balaban J connectivity index is 1.55. The van der Waals surface area contributed by atoms with Crippen LogP contribution in [0.1, 0.15) is 18.4 Å². The molecule has 2 aromatic carbocycles. The Hall–Kier alpha value is -2.53. The monoisotopic (exact) mass is 341 g/mol. The second kappa shape index (κ2) is 7.57. The molecule has 1 aliphatic carbocycles. The molecule has 0 bridgehead atoms. The van der Waals surface area contributed by atoms with Gasteiger partial charge in [0.25, 0.3) is 5.91 Å². The molecule has 2 aromatic rings. The molecule has 1 atom stereocenters. The summed E-state index contributed by atoms with van der Waals surface area (Å²) in [6.45, 7) is 0.0741. The lowest BCUT2D eigenvalue weighted by Crippen LogP contribution is -2.43. The summed E-state index contributed by atoms with van der Waals surface area (Å²) in [6.07, 6.45) is 1.95. The van der Waals surface area contributed by atoms with E-state index in [0.717, 1.165) is 18.4 Å². The molecular formula is C20H23NO4. The first-order chi connectivity index (χ1) is 12.1. The normalized spacial score (nSPS) is 15.9. The van der Waals surface area contributed by atoms with Crippen LogP contribution >= 0.6 is 0 Å². The Kier molecular flexibility index (Phi) is 5.24. The lowest BCUT2D eigenvalue weighted by molar-refractivity contribution is -0.124. The van der Waals surface area contributed by atoms with Crippen molar-refractivity contribution in [2.24, 2.45) is 5.92 Å². The maximum Gasteiger partial charge on any atom is 0.258 e. The highest BCUT2D eigenvalue weighted by Crippen LogP contribution is 2.45. The first-order valence-corrected chi connectivity index (χ1v) is 8.43. The Bertz CT molecular complexity index is 715. The van der Waals surface area contributed by atoms with Gasteiger partial charge in [0.15, 0.2) is 6.61 Å². The van der Waals surface area contributed by atoms with Crippen molar-refractivity contribution in [1.29, 1.82) is 0 Å². The first kappa shape index (κ1) is 17.3. The second-order valence-electron chi connectivity index (χ2n) is 6.31. The van der Waals surface area contributed by atoms with E-state index >= 15 is 0 Å². The molecule has 0 radical (unpaired) electrons. The number of hydrogen-bond acceptors (Lipinski definition) is 4. The Morgan fingerprint density at radius 3 is 2.56 bits per heavy atom. The Morgan fingerprint density at radius 2 is 1.88 bits per heavy atom. The minimum Gasteiger partial charge on any atom is -0.497 e. The van der Waals surface area contributed by atoms with Gasteiger partial charge in [-0.25, -0.2) is 0 Å². The van der Waals surface area contributed by atoms with Crippen molar-refractivity contribution in [3.05, 3.63) is 60.2 Å². The number of nitrogens with one attached hydrogen (secondary N) is 1. The highest BCUT2D eigenvalue weighted by Gasteiger charge is 2.45. The summed E-state index contributed by atoms with van der Waals surface area (Å²) >= 11 is 0. The van der Waals surface area contributed by atoms with Gasteiger partial charge >= 0.3 is 0 Å². The molecule has 0 spiro atoms. The largest absolute Gasteiger partial charge is 0.497 e. The molecule has 1 aliphatic rings. The van der Waals surface area contributed by atoms with Gasteiger partial charge in [-0.2, -0.15) is 0 Å². The number of carbonyl (C=O) groups is 1. The third-order valence-electron chi connectivity index (χ3n) is 4.49. The van der Waals surface area contributed by atoms with Crippen LogP contribution in [0.15, 0.2) is 54.6 Å². The standard InChI is InChI=1S/C20H23NO4/c1-24-17-8-5-9-18(12-17)25-13-19(22)21-14-20(23,16-10-11-16)15-6-3-2-4-7-15/h2-9,12,16,23H,10-11,13-14H2,1H3,(H,21,22). The molecule has 25 heavy (non-hydrogen) atoms. The topological polar surface area (TPSA) is 67.8 Å². The van der Waals surface area contributed by atoms with Gasteiger partial charge < -0.3 is 19.9 Å². The molecule has 5 nitrogen and oxygen atoms in total. The third kappa shape index (κ3) is 4.31.